The predicted molar refractivity (Wildman–Crippen MR) is 69.4 cm³/mol. The lowest BCUT2D eigenvalue weighted by atomic mass is 10.6. The number of hydrogen-bond donors (Lipinski definition) is 2. The molecule has 0 bridgehead atoms. The summed E-state index contributed by atoms with van der Waals surface area (Å²) >= 11 is 1.12. The standard InChI is InChI=1S/C9H15N3O4S2/c1-3-12-18(14,15)5-4-10-9-11-6-7(17-9)8(13)16-2/h6,12H,3-5H2,1-2H3,(H,10,11). The fraction of sp³-hybridized carbons (Fsp3) is 0.556. The number of hydrogen-bond acceptors (Lipinski definition) is 7. The molecular weight excluding hydrogens is 278 g/mol. The largest absolute Gasteiger partial charge is 0.465 e. The maximum atomic E-state index is 11.3. The predicted octanol–water partition coefficient (Wildman–Crippen LogP) is 0.281. The van der Waals surface area contributed by atoms with Crippen molar-refractivity contribution in [2.45, 2.75) is 6.92 Å². The second-order valence-electron chi connectivity index (χ2n) is 3.26. The number of rotatable bonds is 7. The summed E-state index contributed by atoms with van der Waals surface area (Å²) < 4.78 is 29.6. The minimum absolute atomic E-state index is 0.0476. The van der Waals surface area contributed by atoms with Gasteiger partial charge in [0.25, 0.3) is 0 Å². The second kappa shape index (κ2) is 6.66. The summed E-state index contributed by atoms with van der Waals surface area (Å²) in [5.74, 6) is -0.505. The van der Waals surface area contributed by atoms with Gasteiger partial charge in [-0.2, -0.15) is 0 Å². The van der Waals surface area contributed by atoms with Gasteiger partial charge in [0.1, 0.15) is 4.88 Å². The monoisotopic (exact) mass is 293 g/mol. The number of thiazole rings is 1. The number of methoxy groups -OCH3 is 1. The van der Waals surface area contributed by atoms with Crippen molar-refractivity contribution in [1.82, 2.24) is 9.71 Å². The normalized spacial score (nSPS) is 11.2. The van der Waals surface area contributed by atoms with E-state index in [1.165, 1.54) is 13.3 Å². The lowest BCUT2D eigenvalue weighted by Gasteiger charge is -2.04. The number of anilines is 1. The first-order valence-electron chi connectivity index (χ1n) is 5.24. The average molecular weight is 293 g/mol. The van der Waals surface area contributed by atoms with Crippen LogP contribution in [0.2, 0.25) is 0 Å². The molecule has 0 aliphatic heterocycles. The van der Waals surface area contributed by atoms with Crippen LogP contribution in [-0.2, 0) is 14.8 Å². The molecule has 0 saturated carbocycles. The summed E-state index contributed by atoms with van der Waals surface area (Å²) in [4.78, 5) is 15.5. The highest BCUT2D eigenvalue weighted by atomic mass is 32.2. The summed E-state index contributed by atoms with van der Waals surface area (Å²) in [5, 5.41) is 3.33. The van der Waals surface area contributed by atoms with E-state index in [1.807, 2.05) is 0 Å². The Hall–Kier alpha value is -1.19. The van der Waals surface area contributed by atoms with Gasteiger partial charge in [0.2, 0.25) is 10.0 Å². The van der Waals surface area contributed by atoms with E-state index < -0.39 is 16.0 Å². The van der Waals surface area contributed by atoms with Crippen LogP contribution in [0.25, 0.3) is 0 Å². The molecule has 0 atom stereocenters. The number of aromatic nitrogens is 1. The zero-order valence-corrected chi connectivity index (χ0v) is 11.7. The molecule has 0 aliphatic rings. The Balaban J connectivity index is 2.45. The molecule has 0 unspecified atom stereocenters. The minimum atomic E-state index is -3.24. The molecule has 2 N–H and O–H groups in total. The molecular formula is C9H15N3O4S2. The molecule has 1 heterocycles. The van der Waals surface area contributed by atoms with Gasteiger partial charge in [-0.05, 0) is 0 Å². The number of sulfonamides is 1. The van der Waals surface area contributed by atoms with E-state index in [4.69, 9.17) is 0 Å². The number of nitrogens with zero attached hydrogens (tertiary/aromatic N) is 1. The van der Waals surface area contributed by atoms with Crippen molar-refractivity contribution in [3.05, 3.63) is 11.1 Å². The van der Waals surface area contributed by atoms with Crippen LogP contribution in [0, 0.1) is 0 Å². The van der Waals surface area contributed by atoms with Crippen molar-refractivity contribution in [3.63, 3.8) is 0 Å². The highest BCUT2D eigenvalue weighted by molar-refractivity contribution is 7.89. The Morgan fingerprint density at radius 1 is 1.56 bits per heavy atom. The van der Waals surface area contributed by atoms with Crippen molar-refractivity contribution in [2.24, 2.45) is 0 Å². The quantitative estimate of drug-likeness (QED) is 0.701. The summed E-state index contributed by atoms with van der Waals surface area (Å²) in [6, 6.07) is 0. The highest BCUT2D eigenvalue weighted by Crippen LogP contribution is 2.18. The van der Waals surface area contributed by atoms with Crippen LogP contribution in [0.3, 0.4) is 0 Å². The first-order chi connectivity index (χ1) is 8.48. The van der Waals surface area contributed by atoms with Crippen LogP contribution in [0.4, 0.5) is 5.13 Å². The first-order valence-corrected chi connectivity index (χ1v) is 7.70. The Kier molecular flexibility index (Phi) is 5.51. The molecule has 0 radical (unpaired) electrons. The van der Waals surface area contributed by atoms with E-state index >= 15 is 0 Å². The fourth-order valence-electron chi connectivity index (χ4n) is 1.14. The van der Waals surface area contributed by atoms with Crippen molar-refractivity contribution in [1.29, 1.82) is 0 Å². The molecule has 7 nitrogen and oxygen atoms in total. The van der Waals surface area contributed by atoms with Gasteiger partial charge >= 0.3 is 5.97 Å². The number of ether oxygens (including phenoxy) is 1. The molecule has 0 amide bonds. The Morgan fingerprint density at radius 3 is 2.89 bits per heavy atom. The van der Waals surface area contributed by atoms with E-state index in [0.29, 0.717) is 16.6 Å². The zero-order chi connectivity index (χ0) is 13.6. The summed E-state index contributed by atoms with van der Waals surface area (Å²) in [6.07, 6.45) is 1.39. The Labute approximate surface area is 110 Å². The summed E-state index contributed by atoms with van der Waals surface area (Å²) in [6.45, 7) is 2.31. The van der Waals surface area contributed by atoms with Crippen molar-refractivity contribution in [3.8, 4) is 0 Å². The topological polar surface area (TPSA) is 97.4 Å². The van der Waals surface area contributed by atoms with Crippen molar-refractivity contribution in [2.75, 3.05) is 31.3 Å². The number of carbonyl (C=O) groups is 1. The van der Waals surface area contributed by atoms with Gasteiger partial charge in [0.05, 0.1) is 19.1 Å². The molecule has 0 fully saturated rings. The van der Waals surface area contributed by atoms with Gasteiger partial charge in [0.15, 0.2) is 5.13 Å². The van der Waals surface area contributed by atoms with E-state index in [9.17, 15) is 13.2 Å². The summed E-state index contributed by atoms with van der Waals surface area (Å²) in [7, 11) is -1.95. The van der Waals surface area contributed by atoms with Gasteiger partial charge in [0, 0.05) is 13.1 Å². The van der Waals surface area contributed by atoms with Gasteiger partial charge < -0.3 is 10.1 Å². The molecule has 102 valence electrons. The number of carbonyl (C=O) groups excluding carboxylic acids is 1. The lowest BCUT2D eigenvalue weighted by Crippen LogP contribution is -2.29. The van der Waals surface area contributed by atoms with Crippen LogP contribution >= 0.6 is 11.3 Å². The molecule has 0 spiro atoms. The van der Waals surface area contributed by atoms with Crippen LogP contribution in [0.15, 0.2) is 6.20 Å². The molecule has 1 aromatic heterocycles. The SMILES string of the molecule is CCNS(=O)(=O)CCNc1ncc(C(=O)OC)s1. The molecule has 1 rings (SSSR count). The highest BCUT2D eigenvalue weighted by Gasteiger charge is 2.11. The van der Waals surface area contributed by atoms with Crippen LogP contribution < -0.4 is 10.0 Å². The number of nitrogens with one attached hydrogen (secondary N) is 2. The maximum absolute atomic E-state index is 11.3. The zero-order valence-electron chi connectivity index (χ0n) is 10.1. The van der Waals surface area contributed by atoms with E-state index in [2.05, 4.69) is 19.8 Å². The Morgan fingerprint density at radius 2 is 2.28 bits per heavy atom. The van der Waals surface area contributed by atoms with Gasteiger partial charge in [-0.15, -0.1) is 0 Å². The first kappa shape index (κ1) is 14.9. The molecule has 0 saturated heterocycles. The molecule has 18 heavy (non-hydrogen) atoms. The third-order valence-electron chi connectivity index (χ3n) is 1.90. The molecule has 1 aromatic rings. The Bertz CT molecular complexity index is 498. The van der Waals surface area contributed by atoms with E-state index in [0.717, 1.165) is 11.3 Å². The van der Waals surface area contributed by atoms with Crippen LogP contribution in [-0.4, -0.2) is 45.3 Å². The average Bonchev–Trinajstić information content (AvgIpc) is 2.76. The third-order valence-corrected chi connectivity index (χ3v) is 4.31. The lowest BCUT2D eigenvalue weighted by molar-refractivity contribution is 0.0606. The third kappa shape index (κ3) is 4.59. The van der Waals surface area contributed by atoms with Gasteiger partial charge in [-0.25, -0.2) is 22.9 Å². The maximum Gasteiger partial charge on any atom is 0.349 e. The molecule has 9 heteroatoms. The van der Waals surface area contributed by atoms with Crippen molar-refractivity contribution < 1.29 is 17.9 Å². The van der Waals surface area contributed by atoms with Crippen LogP contribution in [0.5, 0.6) is 0 Å². The second-order valence-corrected chi connectivity index (χ2v) is 6.22. The minimum Gasteiger partial charge on any atom is -0.465 e. The van der Waals surface area contributed by atoms with Crippen molar-refractivity contribution >= 4 is 32.5 Å². The van der Waals surface area contributed by atoms with Crippen LogP contribution in [0.1, 0.15) is 16.6 Å². The smallest absolute Gasteiger partial charge is 0.349 e. The molecule has 0 aromatic carbocycles. The number of esters is 1. The summed E-state index contributed by atoms with van der Waals surface area (Å²) in [5.41, 5.74) is 0. The fourth-order valence-corrected chi connectivity index (χ4v) is 2.85. The van der Waals surface area contributed by atoms with E-state index in [1.54, 1.807) is 6.92 Å². The van der Waals surface area contributed by atoms with Gasteiger partial charge in [-0.3, -0.25) is 0 Å². The van der Waals surface area contributed by atoms with E-state index in [-0.39, 0.29) is 12.3 Å². The molecule has 0 aliphatic carbocycles. The van der Waals surface area contributed by atoms with Gasteiger partial charge in [-0.1, -0.05) is 18.3 Å².